The number of hydrogen-bond acceptors (Lipinski definition) is 6. The van der Waals surface area contributed by atoms with E-state index in [4.69, 9.17) is 15.8 Å². The van der Waals surface area contributed by atoms with E-state index in [0.29, 0.717) is 10.7 Å². The van der Waals surface area contributed by atoms with Gasteiger partial charge in [0, 0.05) is 11.1 Å². The lowest BCUT2D eigenvalue weighted by atomic mass is 10.3. The molecule has 0 atom stereocenters. The van der Waals surface area contributed by atoms with Crippen molar-refractivity contribution in [3.05, 3.63) is 59.9 Å². The highest BCUT2D eigenvalue weighted by Crippen LogP contribution is 2.22. The fourth-order valence-corrected chi connectivity index (χ4v) is 2.78. The van der Waals surface area contributed by atoms with E-state index in [1.165, 1.54) is 47.4 Å². The molecule has 22 heavy (non-hydrogen) atoms. The zero-order valence-electron chi connectivity index (χ0n) is 11.0. The smallest absolute Gasteiger partial charge is 0.339 e. The summed E-state index contributed by atoms with van der Waals surface area (Å²) in [6.45, 7) is 0. The maximum atomic E-state index is 12.2. The first-order valence-electron chi connectivity index (χ1n) is 6.08. The number of tetrazole rings is 1. The Bertz CT molecular complexity index is 880. The molecule has 7 nitrogen and oxygen atoms in total. The quantitative estimate of drug-likeness (QED) is 0.678. The molecule has 0 bridgehead atoms. The minimum absolute atomic E-state index is 0.0183. The second kappa shape index (κ2) is 5.74. The molecule has 2 aromatic carbocycles. The van der Waals surface area contributed by atoms with E-state index >= 15 is 0 Å². The molecule has 0 spiro atoms. The lowest BCUT2D eigenvalue weighted by Crippen LogP contribution is -2.10. The van der Waals surface area contributed by atoms with Gasteiger partial charge in [-0.25, -0.2) is 4.68 Å². The van der Waals surface area contributed by atoms with Crippen LogP contribution in [0.1, 0.15) is 0 Å². The summed E-state index contributed by atoms with van der Waals surface area (Å²) in [4.78, 5) is 0.0183. The van der Waals surface area contributed by atoms with Crippen LogP contribution in [0.5, 0.6) is 5.75 Å². The highest BCUT2D eigenvalue weighted by atomic mass is 35.5. The molecule has 0 fully saturated rings. The van der Waals surface area contributed by atoms with E-state index in [-0.39, 0.29) is 10.6 Å². The van der Waals surface area contributed by atoms with Crippen molar-refractivity contribution in [1.82, 2.24) is 20.2 Å². The van der Waals surface area contributed by atoms with Gasteiger partial charge in [-0.15, -0.1) is 5.10 Å². The monoisotopic (exact) mass is 336 g/mol. The molecule has 3 rings (SSSR count). The topological polar surface area (TPSA) is 87.0 Å². The van der Waals surface area contributed by atoms with Crippen LogP contribution in [0, 0.1) is 0 Å². The van der Waals surface area contributed by atoms with E-state index < -0.39 is 10.1 Å². The van der Waals surface area contributed by atoms with Gasteiger partial charge in [-0.05, 0) is 46.8 Å². The summed E-state index contributed by atoms with van der Waals surface area (Å²) in [6, 6.07) is 12.1. The number of halogens is 1. The van der Waals surface area contributed by atoms with Gasteiger partial charge in [0.25, 0.3) is 0 Å². The minimum Gasteiger partial charge on any atom is -0.379 e. The number of rotatable bonds is 4. The largest absolute Gasteiger partial charge is 0.379 e. The van der Waals surface area contributed by atoms with E-state index in [9.17, 15) is 8.42 Å². The standard InChI is InChI=1S/C13H9ClN4O3S/c14-10-4-6-13(7-5-10)22(19,20)21-12-3-1-2-11(8-12)18-9-15-16-17-18/h1-9H. The van der Waals surface area contributed by atoms with Crippen molar-refractivity contribution >= 4 is 21.7 Å². The van der Waals surface area contributed by atoms with Gasteiger partial charge in [0.2, 0.25) is 0 Å². The van der Waals surface area contributed by atoms with Crippen LogP contribution in [0.2, 0.25) is 5.02 Å². The molecule has 0 radical (unpaired) electrons. The SMILES string of the molecule is O=S(=O)(Oc1cccc(-n2cnnn2)c1)c1ccc(Cl)cc1. The van der Waals surface area contributed by atoms with Crippen LogP contribution in [0.15, 0.2) is 59.8 Å². The first-order chi connectivity index (χ1) is 10.5. The van der Waals surface area contributed by atoms with Gasteiger partial charge in [0.1, 0.15) is 17.0 Å². The lowest BCUT2D eigenvalue weighted by Gasteiger charge is -2.08. The Labute approximate surface area is 131 Å². The Balaban J connectivity index is 1.89. The fourth-order valence-electron chi connectivity index (χ4n) is 1.73. The molecule has 0 N–H and O–H groups in total. The molecule has 0 unspecified atom stereocenters. The first-order valence-corrected chi connectivity index (χ1v) is 7.87. The van der Waals surface area contributed by atoms with Gasteiger partial charge in [0.15, 0.2) is 0 Å². The third kappa shape index (κ3) is 3.07. The van der Waals surface area contributed by atoms with Crippen LogP contribution in [-0.4, -0.2) is 28.6 Å². The fraction of sp³-hybridized carbons (Fsp3) is 0. The maximum absolute atomic E-state index is 12.2. The molecule has 1 aromatic heterocycles. The van der Waals surface area contributed by atoms with Crippen molar-refractivity contribution in [3.8, 4) is 11.4 Å². The van der Waals surface area contributed by atoms with Gasteiger partial charge in [-0.1, -0.05) is 17.7 Å². The zero-order chi connectivity index (χ0) is 15.6. The van der Waals surface area contributed by atoms with Gasteiger partial charge in [0.05, 0.1) is 5.69 Å². The molecule has 0 aliphatic carbocycles. The van der Waals surface area contributed by atoms with Crippen LogP contribution in [0.3, 0.4) is 0 Å². The molecule has 0 saturated heterocycles. The summed E-state index contributed by atoms with van der Waals surface area (Å²) >= 11 is 5.74. The number of aromatic nitrogens is 4. The van der Waals surface area contributed by atoms with Crippen LogP contribution in [-0.2, 0) is 10.1 Å². The highest BCUT2D eigenvalue weighted by Gasteiger charge is 2.16. The summed E-state index contributed by atoms with van der Waals surface area (Å²) in [5, 5.41) is 11.2. The Morgan fingerprint density at radius 2 is 1.86 bits per heavy atom. The summed E-state index contributed by atoms with van der Waals surface area (Å²) < 4.78 is 30.9. The van der Waals surface area contributed by atoms with Crippen molar-refractivity contribution in [2.75, 3.05) is 0 Å². The molecule has 0 aliphatic rings. The van der Waals surface area contributed by atoms with Crippen molar-refractivity contribution in [1.29, 1.82) is 0 Å². The average Bonchev–Trinajstić information content (AvgIpc) is 3.02. The predicted octanol–water partition coefficient (Wildman–Crippen LogP) is 2.08. The summed E-state index contributed by atoms with van der Waals surface area (Å²) in [5.41, 5.74) is 0.578. The first kappa shape index (κ1) is 14.5. The zero-order valence-corrected chi connectivity index (χ0v) is 12.6. The molecule has 0 amide bonds. The highest BCUT2D eigenvalue weighted by molar-refractivity contribution is 7.87. The number of hydrogen-bond donors (Lipinski definition) is 0. The van der Waals surface area contributed by atoms with Crippen LogP contribution in [0.4, 0.5) is 0 Å². The summed E-state index contributed by atoms with van der Waals surface area (Å²) in [5.74, 6) is 0.156. The lowest BCUT2D eigenvalue weighted by molar-refractivity contribution is 0.486. The van der Waals surface area contributed by atoms with Crippen molar-refractivity contribution in [3.63, 3.8) is 0 Å². The second-order valence-corrected chi connectivity index (χ2v) is 6.23. The molecule has 112 valence electrons. The second-order valence-electron chi connectivity index (χ2n) is 4.24. The van der Waals surface area contributed by atoms with Crippen molar-refractivity contribution < 1.29 is 12.6 Å². The Morgan fingerprint density at radius 3 is 2.55 bits per heavy atom. The van der Waals surface area contributed by atoms with Crippen LogP contribution >= 0.6 is 11.6 Å². The number of nitrogens with zero attached hydrogens (tertiary/aromatic N) is 4. The van der Waals surface area contributed by atoms with E-state index in [1.807, 2.05) is 0 Å². The van der Waals surface area contributed by atoms with E-state index in [1.54, 1.807) is 12.1 Å². The Kier molecular flexibility index (Phi) is 3.78. The molecular formula is C13H9ClN4O3S. The maximum Gasteiger partial charge on any atom is 0.339 e. The minimum atomic E-state index is -3.94. The van der Waals surface area contributed by atoms with Gasteiger partial charge in [-0.2, -0.15) is 8.42 Å². The van der Waals surface area contributed by atoms with Crippen molar-refractivity contribution in [2.24, 2.45) is 0 Å². The Hall–Kier alpha value is -2.45. The average molecular weight is 337 g/mol. The predicted molar refractivity (Wildman–Crippen MR) is 78.4 cm³/mol. The normalized spacial score (nSPS) is 11.3. The third-order valence-corrected chi connectivity index (χ3v) is 4.25. The molecule has 3 aromatic rings. The van der Waals surface area contributed by atoms with Gasteiger partial charge >= 0.3 is 10.1 Å². The van der Waals surface area contributed by atoms with Gasteiger partial charge < -0.3 is 4.18 Å². The van der Waals surface area contributed by atoms with Crippen LogP contribution < -0.4 is 4.18 Å². The van der Waals surface area contributed by atoms with Gasteiger partial charge in [-0.3, -0.25) is 0 Å². The third-order valence-electron chi connectivity index (χ3n) is 2.74. The molecule has 1 heterocycles. The Morgan fingerprint density at radius 1 is 1.09 bits per heavy atom. The molecule has 0 saturated carbocycles. The molecule has 9 heteroatoms. The van der Waals surface area contributed by atoms with E-state index in [0.717, 1.165) is 0 Å². The molecule has 0 aliphatic heterocycles. The summed E-state index contributed by atoms with van der Waals surface area (Å²) in [6.07, 6.45) is 1.40. The van der Waals surface area contributed by atoms with Crippen molar-refractivity contribution in [2.45, 2.75) is 4.90 Å². The van der Waals surface area contributed by atoms with Crippen LogP contribution in [0.25, 0.3) is 5.69 Å². The molecular weight excluding hydrogens is 328 g/mol. The number of benzene rings is 2. The summed E-state index contributed by atoms with van der Waals surface area (Å²) in [7, 11) is -3.94. The van der Waals surface area contributed by atoms with E-state index in [2.05, 4.69) is 15.5 Å².